The van der Waals surface area contributed by atoms with E-state index in [4.69, 9.17) is 0 Å². The summed E-state index contributed by atoms with van der Waals surface area (Å²) in [4.78, 5) is 16.1. The number of carbonyl (C=O) groups is 1. The number of amides is 1. The second-order valence-corrected chi connectivity index (χ2v) is 16.1. The summed E-state index contributed by atoms with van der Waals surface area (Å²) in [6.45, 7) is 28.8. The molecule has 2 aromatic rings. The number of phenolic OH excluding ortho intramolecular Hbond substituents is 2. The van der Waals surface area contributed by atoms with Gasteiger partial charge in [-0.2, -0.15) is 0 Å². The van der Waals surface area contributed by atoms with Crippen molar-refractivity contribution in [3.8, 4) is 11.5 Å². The van der Waals surface area contributed by atoms with Crippen LogP contribution in [0.15, 0.2) is 24.3 Å². The number of aromatic hydroxyl groups is 2. The average Bonchev–Trinajstić information content (AvgIpc) is 3.49. The summed E-state index contributed by atoms with van der Waals surface area (Å²) in [7, 11) is 0. The second kappa shape index (κ2) is 11.5. The molecule has 0 unspecified atom stereocenters. The summed E-state index contributed by atoms with van der Waals surface area (Å²) in [6.07, 6.45) is 3.89. The van der Waals surface area contributed by atoms with Gasteiger partial charge in [0.2, 0.25) is 5.91 Å². The first kappa shape index (κ1) is 32.8. The first-order valence-corrected chi connectivity index (χ1v) is 15.4. The average molecular weight is 565 g/mol. The maximum atomic E-state index is 12.1. The maximum absolute atomic E-state index is 12.1. The Bertz CT molecular complexity index is 1240. The van der Waals surface area contributed by atoms with E-state index >= 15 is 0 Å². The minimum atomic E-state index is -0.164. The number of phenols is 2. The molecule has 2 saturated heterocycles. The van der Waals surface area contributed by atoms with Crippen molar-refractivity contribution in [2.75, 3.05) is 29.4 Å². The van der Waals surface area contributed by atoms with E-state index in [-0.39, 0.29) is 33.3 Å². The van der Waals surface area contributed by atoms with Gasteiger partial charge in [0.25, 0.3) is 0 Å². The van der Waals surface area contributed by atoms with Crippen LogP contribution in [0.5, 0.6) is 11.5 Å². The predicted octanol–water partition coefficient (Wildman–Crippen LogP) is 8.70. The van der Waals surface area contributed by atoms with Crippen molar-refractivity contribution < 1.29 is 15.0 Å². The highest BCUT2D eigenvalue weighted by atomic mass is 16.3. The molecule has 2 N–H and O–H groups in total. The molecule has 0 atom stereocenters. The van der Waals surface area contributed by atoms with Crippen LogP contribution in [-0.4, -0.2) is 35.8 Å². The Hall–Kier alpha value is -2.69. The van der Waals surface area contributed by atoms with Crippen molar-refractivity contribution >= 4 is 17.3 Å². The minimum absolute atomic E-state index is 0.0226. The van der Waals surface area contributed by atoms with Crippen LogP contribution in [0.4, 0.5) is 11.4 Å². The van der Waals surface area contributed by atoms with Crippen molar-refractivity contribution in [1.29, 1.82) is 0 Å². The summed E-state index contributed by atoms with van der Waals surface area (Å²) >= 11 is 0. The van der Waals surface area contributed by atoms with Gasteiger partial charge in [0, 0.05) is 37.2 Å². The van der Waals surface area contributed by atoms with Crippen LogP contribution >= 0.6 is 0 Å². The third-order valence-corrected chi connectivity index (χ3v) is 8.34. The number of carbonyl (C=O) groups excluding carboxylic acids is 1. The highest BCUT2D eigenvalue weighted by Gasteiger charge is 2.31. The summed E-state index contributed by atoms with van der Waals surface area (Å²) in [5.41, 5.74) is 6.00. The van der Waals surface area contributed by atoms with E-state index in [0.29, 0.717) is 24.4 Å². The van der Waals surface area contributed by atoms with Crippen LogP contribution in [-0.2, 0) is 26.5 Å². The first-order valence-electron chi connectivity index (χ1n) is 15.4. The van der Waals surface area contributed by atoms with Gasteiger partial charge >= 0.3 is 0 Å². The molecule has 5 nitrogen and oxygen atoms in total. The molecule has 41 heavy (non-hydrogen) atoms. The Balaban J connectivity index is 0.000000226. The third kappa shape index (κ3) is 7.59. The summed E-state index contributed by atoms with van der Waals surface area (Å²) in [6, 6.07) is 8.44. The van der Waals surface area contributed by atoms with Gasteiger partial charge in [-0.15, -0.1) is 0 Å². The minimum Gasteiger partial charge on any atom is -0.505 e. The van der Waals surface area contributed by atoms with Crippen molar-refractivity contribution in [2.45, 2.75) is 130 Å². The smallest absolute Gasteiger partial charge is 0.227 e. The van der Waals surface area contributed by atoms with E-state index < -0.39 is 0 Å². The molecule has 2 aliphatic rings. The van der Waals surface area contributed by atoms with Crippen molar-refractivity contribution in [1.82, 2.24) is 0 Å². The van der Waals surface area contributed by atoms with Crippen molar-refractivity contribution in [3.05, 3.63) is 46.5 Å². The molecule has 228 valence electrons. The molecular formula is C36H56N2O3. The Kier molecular flexibility index (Phi) is 9.23. The molecule has 0 saturated carbocycles. The van der Waals surface area contributed by atoms with Crippen LogP contribution in [0.2, 0.25) is 0 Å². The molecule has 2 heterocycles. The van der Waals surface area contributed by atoms with Gasteiger partial charge in [-0.05, 0) is 64.2 Å². The van der Waals surface area contributed by atoms with Gasteiger partial charge < -0.3 is 20.0 Å². The SMILES string of the molecule is CC(C)(C)c1cc(N2CCCC2)c(O)c(C(C)(C)C)c1.CC(C)(C)c1cc(N2CCCC2=O)c(O)c(C(C)(C)C)c1. The number of rotatable bonds is 2. The Labute approximate surface area is 250 Å². The second-order valence-electron chi connectivity index (χ2n) is 16.1. The molecule has 2 aliphatic heterocycles. The van der Waals surface area contributed by atoms with E-state index in [1.54, 1.807) is 4.90 Å². The van der Waals surface area contributed by atoms with E-state index in [2.05, 4.69) is 106 Å². The third-order valence-electron chi connectivity index (χ3n) is 8.34. The standard InChI is InChI=1S/C18H27NO2.C18H29NO/c1-17(2,3)12-10-13(18(4,5)6)16(21)14(11-12)19-9-7-8-15(19)20;1-17(2,3)13-11-14(18(4,5)6)16(20)15(12-13)19-9-7-8-10-19/h10-11,21H,7-9H2,1-6H3;11-12,20H,7-10H2,1-6H3. The van der Waals surface area contributed by atoms with Gasteiger partial charge in [-0.3, -0.25) is 4.79 Å². The molecule has 4 rings (SSSR count). The number of hydrogen-bond acceptors (Lipinski definition) is 4. The molecule has 0 spiro atoms. The fourth-order valence-corrected chi connectivity index (χ4v) is 5.56. The number of benzene rings is 2. The van der Waals surface area contributed by atoms with Crippen LogP contribution in [0, 0.1) is 0 Å². The maximum Gasteiger partial charge on any atom is 0.227 e. The Morgan fingerprint density at radius 1 is 0.561 bits per heavy atom. The molecule has 2 fully saturated rings. The molecular weight excluding hydrogens is 508 g/mol. The lowest BCUT2D eigenvalue weighted by atomic mass is 9.79. The Morgan fingerprint density at radius 3 is 1.34 bits per heavy atom. The summed E-state index contributed by atoms with van der Waals surface area (Å²) in [5, 5.41) is 21.4. The molecule has 0 aromatic heterocycles. The molecule has 0 aliphatic carbocycles. The summed E-state index contributed by atoms with van der Waals surface area (Å²) in [5.74, 6) is 0.842. The highest BCUT2D eigenvalue weighted by Crippen LogP contribution is 2.44. The monoisotopic (exact) mass is 564 g/mol. The number of anilines is 2. The van der Waals surface area contributed by atoms with Crippen LogP contribution < -0.4 is 9.80 Å². The van der Waals surface area contributed by atoms with Gasteiger partial charge in [0.1, 0.15) is 11.5 Å². The Morgan fingerprint density at radius 2 is 0.976 bits per heavy atom. The van der Waals surface area contributed by atoms with Crippen molar-refractivity contribution in [2.24, 2.45) is 0 Å². The van der Waals surface area contributed by atoms with Crippen molar-refractivity contribution in [3.63, 3.8) is 0 Å². The molecule has 5 heteroatoms. The zero-order valence-electron chi connectivity index (χ0n) is 28.0. The van der Waals surface area contributed by atoms with E-state index in [9.17, 15) is 15.0 Å². The largest absolute Gasteiger partial charge is 0.505 e. The highest BCUT2D eigenvalue weighted by molar-refractivity contribution is 5.97. The lowest BCUT2D eigenvalue weighted by molar-refractivity contribution is -0.117. The summed E-state index contributed by atoms with van der Waals surface area (Å²) < 4.78 is 0. The lowest BCUT2D eigenvalue weighted by Crippen LogP contribution is -2.26. The number of hydrogen-bond donors (Lipinski definition) is 2. The van der Waals surface area contributed by atoms with E-state index in [0.717, 1.165) is 41.9 Å². The van der Waals surface area contributed by atoms with Crippen LogP contribution in [0.25, 0.3) is 0 Å². The van der Waals surface area contributed by atoms with E-state index in [1.807, 2.05) is 6.07 Å². The molecule has 0 bridgehead atoms. The normalized spacial score (nSPS) is 16.7. The quantitative estimate of drug-likeness (QED) is 0.383. The van der Waals surface area contributed by atoms with Gasteiger partial charge in [0.05, 0.1) is 11.4 Å². The fraction of sp³-hybridized carbons (Fsp3) is 0.639. The lowest BCUT2D eigenvalue weighted by Gasteiger charge is -2.30. The van der Waals surface area contributed by atoms with Gasteiger partial charge in [-0.1, -0.05) is 95.2 Å². The van der Waals surface area contributed by atoms with Crippen LogP contribution in [0.3, 0.4) is 0 Å². The van der Waals surface area contributed by atoms with E-state index in [1.165, 1.54) is 18.4 Å². The van der Waals surface area contributed by atoms with Crippen LogP contribution in [0.1, 0.15) is 131 Å². The first-order chi connectivity index (χ1) is 18.6. The van der Waals surface area contributed by atoms with Gasteiger partial charge in [0.15, 0.2) is 0 Å². The molecule has 0 radical (unpaired) electrons. The fourth-order valence-electron chi connectivity index (χ4n) is 5.56. The zero-order chi connectivity index (χ0) is 31.1. The predicted molar refractivity (Wildman–Crippen MR) is 174 cm³/mol. The topological polar surface area (TPSA) is 64.0 Å². The molecule has 1 amide bonds. The zero-order valence-corrected chi connectivity index (χ0v) is 28.0. The van der Waals surface area contributed by atoms with Gasteiger partial charge in [-0.25, -0.2) is 0 Å². The molecule has 2 aromatic carbocycles. The number of nitrogens with zero attached hydrogens (tertiary/aromatic N) is 2.